The zero-order chi connectivity index (χ0) is 15.6. The number of amides is 1. The first-order valence-electron chi connectivity index (χ1n) is 8.07. The Hall–Kier alpha value is -1.35. The SMILES string of the molecule is CCC1NC(c2cc(C)ccc2C)N(CCC(C)C)C1=O. The van der Waals surface area contributed by atoms with Crippen LogP contribution < -0.4 is 5.32 Å². The maximum atomic E-state index is 12.6. The molecule has 0 aromatic heterocycles. The lowest BCUT2D eigenvalue weighted by Gasteiger charge is -2.26. The molecule has 1 heterocycles. The van der Waals surface area contributed by atoms with Gasteiger partial charge in [0.25, 0.3) is 0 Å². The summed E-state index contributed by atoms with van der Waals surface area (Å²) in [6, 6.07) is 6.45. The van der Waals surface area contributed by atoms with Crippen LogP contribution in [0.5, 0.6) is 0 Å². The molecule has 3 heteroatoms. The van der Waals surface area contributed by atoms with Gasteiger partial charge in [0.15, 0.2) is 0 Å². The van der Waals surface area contributed by atoms with Crippen LogP contribution in [-0.2, 0) is 4.79 Å². The standard InChI is InChI=1S/C18H28N2O/c1-6-16-18(21)20(10-9-12(2)3)17(19-16)15-11-13(4)7-8-14(15)5/h7-8,11-12,16-17,19H,6,9-10H2,1-5H3. The quantitative estimate of drug-likeness (QED) is 0.898. The monoisotopic (exact) mass is 288 g/mol. The smallest absolute Gasteiger partial charge is 0.241 e. The van der Waals surface area contributed by atoms with Crippen LogP contribution in [0.4, 0.5) is 0 Å². The summed E-state index contributed by atoms with van der Waals surface area (Å²) in [6.07, 6.45) is 1.92. The largest absolute Gasteiger partial charge is 0.322 e. The second-order valence-electron chi connectivity index (χ2n) is 6.60. The number of carbonyl (C=O) groups excluding carboxylic acids is 1. The first kappa shape index (κ1) is 16.0. The molecule has 1 aliphatic rings. The minimum Gasteiger partial charge on any atom is -0.322 e. The predicted molar refractivity (Wildman–Crippen MR) is 87.0 cm³/mol. The molecule has 0 bridgehead atoms. The fourth-order valence-electron chi connectivity index (χ4n) is 2.92. The van der Waals surface area contributed by atoms with Crippen molar-refractivity contribution in [3.8, 4) is 0 Å². The summed E-state index contributed by atoms with van der Waals surface area (Å²) >= 11 is 0. The van der Waals surface area contributed by atoms with Gasteiger partial charge in [0.2, 0.25) is 5.91 Å². The van der Waals surface area contributed by atoms with Crippen molar-refractivity contribution >= 4 is 5.91 Å². The van der Waals surface area contributed by atoms with Gasteiger partial charge in [-0.05, 0) is 43.7 Å². The van der Waals surface area contributed by atoms with E-state index in [1.807, 2.05) is 4.90 Å². The topological polar surface area (TPSA) is 32.3 Å². The lowest BCUT2D eigenvalue weighted by molar-refractivity contribution is -0.130. The molecule has 2 unspecified atom stereocenters. The third-order valence-corrected chi connectivity index (χ3v) is 4.34. The molecular formula is C18H28N2O. The Kier molecular flexibility index (Phi) is 5.04. The van der Waals surface area contributed by atoms with E-state index in [2.05, 4.69) is 58.1 Å². The molecule has 21 heavy (non-hydrogen) atoms. The summed E-state index contributed by atoms with van der Waals surface area (Å²) in [5.41, 5.74) is 3.73. The van der Waals surface area contributed by atoms with Crippen LogP contribution >= 0.6 is 0 Å². The van der Waals surface area contributed by atoms with Crippen molar-refractivity contribution in [2.75, 3.05) is 6.54 Å². The van der Waals surface area contributed by atoms with Crippen LogP contribution in [0, 0.1) is 19.8 Å². The average Bonchev–Trinajstić information content (AvgIpc) is 2.75. The van der Waals surface area contributed by atoms with Crippen molar-refractivity contribution < 1.29 is 4.79 Å². The predicted octanol–water partition coefficient (Wildman–Crippen LogP) is 3.56. The van der Waals surface area contributed by atoms with Gasteiger partial charge in [0, 0.05) is 6.54 Å². The highest BCUT2D eigenvalue weighted by Gasteiger charge is 2.38. The molecule has 1 saturated heterocycles. The number of rotatable bonds is 5. The molecule has 1 aliphatic heterocycles. The van der Waals surface area contributed by atoms with Crippen LogP contribution in [0.3, 0.4) is 0 Å². The Morgan fingerprint density at radius 2 is 2.00 bits per heavy atom. The molecule has 0 spiro atoms. The fourth-order valence-corrected chi connectivity index (χ4v) is 2.92. The zero-order valence-corrected chi connectivity index (χ0v) is 13.9. The van der Waals surface area contributed by atoms with E-state index in [4.69, 9.17) is 0 Å². The number of aryl methyl sites for hydroxylation is 2. The number of nitrogens with zero attached hydrogens (tertiary/aromatic N) is 1. The summed E-state index contributed by atoms with van der Waals surface area (Å²) in [5, 5.41) is 3.52. The maximum Gasteiger partial charge on any atom is 0.241 e. The zero-order valence-electron chi connectivity index (χ0n) is 13.9. The fraction of sp³-hybridized carbons (Fsp3) is 0.611. The molecular weight excluding hydrogens is 260 g/mol. The average molecular weight is 288 g/mol. The minimum absolute atomic E-state index is 0.0288. The molecule has 1 aromatic carbocycles. The van der Waals surface area contributed by atoms with Crippen LogP contribution in [0.1, 0.15) is 56.5 Å². The van der Waals surface area contributed by atoms with Crippen molar-refractivity contribution in [1.29, 1.82) is 0 Å². The Balaban J connectivity index is 2.29. The van der Waals surface area contributed by atoms with Crippen molar-refractivity contribution in [1.82, 2.24) is 10.2 Å². The molecule has 1 aromatic rings. The molecule has 1 fully saturated rings. The number of hydrogen-bond acceptors (Lipinski definition) is 2. The van der Waals surface area contributed by atoms with Crippen LogP contribution in [0.25, 0.3) is 0 Å². The Bertz CT molecular complexity index is 510. The third kappa shape index (κ3) is 3.46. The van der Waals surface area contributed by atoms with Gasteiger partial charge in [-0.25, -0.2) is 0 Å². The minimum atomic E-state index is -0.0397. The molecule has 2 rings (SSSR count). The number of carbonyl (C=O) groups is 1. The molecule has 116 valence electrons. The molecule has 2 atom stereocenters. The van der Waals surface area contributed by atoms with Crippen molar-refractivity contribution in [2.45, 2.75) is 59.7 Å². The van der Waals surface area contributed by atoms with E-state index in [0.29, 0.717) is 5.92 Å². The van der Waals surface area contributed by atoms with E-state index in [1.165, 1.54) is 16.7 Å². The lowest BCUT2D eigenvalue weighted by atomic mass is 10.0. The highest BCUT2D eigenvalue weighted by molar-refractivity contribution is 5.84. The van der Waals surface area contributed by atoms with Crippen LogP contribution in [0.2, 0.25) is 0 Å². The van der Waals surface area contributed by atoms with E-state index >= 15 is 0 Å². The van der Waals surface area contributed by atoms with Gasteiger partial charge in [0.05, 0.1) is 6.04 Å². The van der Waals surface area contributed by atoms with Crippen molar-refractivity contribution in [2.24, 2.45) is 5.92 Å². The van der Waals surface area contributed by atoms with Crippen molar-refractivity contribution in [3.05, 3.63) is 34.9 Å². The molecule has 1 N–H and O–H groups in total. The van der Waals surface area contributed by atoms with E-state index in [0.717, 1.165) is 19.4 Å². The summed E-state index contributed by atoms with van der Waals surface area (Å²) in [5.74, 6) is 0.863. The second kappa shape index (κ2) is 6.61. The Morgan fingerprint density at radius 1 is 1.29 bits per heavy atom. The van der Waals surface area contributed by atoms with Crippen molar-refractivity contribution in [3.63, 3.8) is 0 Å². The Morgan fingerprint density at radius 3 is 2.62 bits per heavy atom. The number of hydrogen-bond donors (Lipinski definition) is 1. The van der Waals surface area contributed by atoms with Gasteiger partial charge >= 0.3 is 0 Å². The highest BCUT2D eigenvalue weighted by atomic mass is 16.2. The first-order chi connectivity index (χ1) is 9.93. The van der Waals surface area contributed by atoms with E-state index in [-0.39, 0.29) is 18.1 Å². The summed E-state index contributed by atoms with van der Waals surface area (Å²) in [7, 11) is 0. The van der Waals surface area contributed by atoms with E-state index in [9.17, 15) is 4.79 Å². The van der Waals surface area contributed by atoms with E-state index in [1.54, 1.807) is 0 Å². The number of benzene rings is 1. The maximum absolute atomic E-state index is 12.6. The van der Waals surface area contributed by atoms with Gasteiger partial charge in [-0.3, -0.25) is 10.1 Å². The highest BCUT2D eigenvalue weighted by Crippen LogP contribution is 2.29. The number of nitrogens with one attached hydrogen (secondary N) is 1. The van der Waals surface area contributed by atoms with Gasteiger partial charge in [-0.15, -0.1) is 0 Å². The van der Waals surface area contributed by atoms with Gasteiger partial charge in [-0.2, -0.15) is 0 Å². The summed E-state index contributed by atoms with van der Waals surface area (Å²) < 4.78 is 0. The Labute approximate surface area is 128 Å². The third-order valence-electron chi connectivity index (χ3n) is 4.34. The molecule has 3 nitrogen and oxygen atoms in total. The molecule has 0 aliphatic carbocycles. The molecule has 0 radical (unpaired) electrons. The first-order valence-corrected chi connectivity index (χ1v) is 8.07. The summed E-state index contributed by atoms with van der Waals surface area (Å²) in [6.45, 7) is 11.5. The summed E-state index contributed by atoms with van der Waals surface area (Å²) in [4.78, 5) is 14.6. The van der Waals surface area contributed by atoms with Gasteiger partial charge in [-0.1, -0.05) is 44.5 Å². The van der Waals surface area contributed by atoms with Crippen LogP contribution in [-0.4, -0.2) is 23.4 Å². The lowest BCUT2D eigenvalue weighted by Crippen LogP contribution is -2.32. The van der Waals surface area contributed by atoms with Gasteiger partial charge < -0.3 is 4.90 Å². The molecule has 1 amide bonds. The molecule has 0 saturated carbocycles. The normalized spacial score (nSPS) is 22.4. The second-order valence-corrected chi connectivity index (χ2v) is 6.60. The van der Waals surface area contributed by atoms with Crippen LogP contribution in [0.15, 0.2) is 18.2 Å². The van der Waals surface area contributed by atoms with Gasteiger partial charge in [0.1, 0.15) is 6.17 Å². The van der Waals surface area contributed by atoms with E-state index < -0.39 is 0 Å².